The highest BCUT2D eigenvalue weighted by molar-refractivity contribution is 4.82. The summed E-state index contributed by atoms with van der Waals surface area (Å²) < 4.78 is 0. The first-order chi connectivity index (χ1) is 8.44. The fourth-order valence-electron chi connectivity index (χ4n) is 3.10. The molecule has 1 N–H and O–H groups in total. The van der Waals surface area contributed by atoms with Gasteiger partial charge in [-0.25, -0.2) is 0 Å². The Morgan fingerprint density at radius 3 is 2.39 bits per heavy atom. The van der Waals surface area contributed by atoms with Gasteiger partial charge in [-0.3, -0.25) is 0 Å². The highest BCUT2D eigenvalue weighted by atomic mass is 14.9. The fraction of sp³-hybridized carbons (Fsp3) is 1.00. The standard InChI is InChI=1S/C17H35N/c1-6-7-8-11-17(4,5)13-18-16-10-9-14(2)15(3)12-16/h14-16,18H,6-13H2,1-5H3. The normalized spacial score (nSPS) is 29.5. The largest absolute Gasteiger partial charge is 0.313 e. The van der Waals surface area contributed by atoms with Crippen molar-refractivity contribution in [1.82, 2.24) is 5.32 Å². The molecule has 0 spiro atoms. The Morgan fingerprint density at radius 1 is 1.06 bits per heavy atom. The molecule has 1 rings (SSSR count). The maximum atomic E-state index is 3.84. The highest BCUT2D eigenvalue weighted by Crippen LogP contribution is 2.30. The summed E-state index contributed by atoms with van der Waals surface area (Å²) in [6, 6.07) is 0.779. The summed E-state index contributed by atoms with van der Waals surface area (Å²) in [6.07, 6.45) is 9.66. The van der Waals surface area contributed by atoms with E-state index in [2.05, 4.69) is 39.9 Å². The van der Waals surface area contributed by atoms with E-state index in [-0.39, 0.29) is 0 Å². The second-order valence-corrected chi connectivity index (χ2v) is 7.47. The Bertz CT molecular complexity index is 222. The van der Waals surface area contributed by atoms with Crippen molar-refractivity contribution in [2.75, 3.05) is 6.54 Å². The van der Waals surface area contributed by atoms with Crippen LogP contribution in [0.4, 0.5) is 0 Å². The summed E-state index contributed by atoms with van der Waals surface area (Å²) in [5, 5.41) is 3.84. The molecular weight excluding hydrogens is 218 g/mol. The molecule has 3 atom stereocenters. The Hall–Kier alpha value is -0.0400. The van der Waals surface area contributed by atoms with Crippen LogP contribution in [0, 0.1) is 17.3 Å². The van der Waals surface area contributed by atoms with Gasteiger partial charge in [-0.05, 0) is 42.9 Å². The average Bonchev–Trinajstić information content (AvgIpc) is 2.31. The summed E-state index contributed by atoms with van der Waals surface area (Å²) in [4.78, 5) is 0. The first kappa shape index (κ1) is 16.0. The highest BCUT2D eigenvalue weighted by Gasteiger charge is 2.26. The van der Waals surface area contributed by atoms with Gasteiger partial charge in [-0.1, -0.05) is 53.9 Å². The first-order valence-corrected chi connectivity index (χ1v) is 8.18. The van der Waals surface area contributed by atoms with E-state index in [9.17, 15) is 0 Å². The molecule has 0 bridgehead atoms. The lowest BCUT2D eigenvalue weighted by Crippen LogP contribution is -2.41. The van der Waals surface area contributed by atoms with Crippen molar-refractivity contribution < 1.29 is 0 Å². The molecule has 1 heteroatoms. The van der Waals surface area contributed by atoms with Gasteiger partial charge in [-0.2, -0.15) is 0 Å². The zero-order chi connectivity index (χ0) is 13.6. The summed E-state index contributed by atoms with van der Waals surface area (Å²) in [6.45, 7) is 13.2. The molecule has 1 aliphatic rings. The fourth-order valence-corrected chi connectivity index (χ4v) is 3.10. The van der Waals surface area contributed by atoms with Crippen LogP contribution in [0.15, 0.2) is 0 Å². The van der Waals surface area contributed by atoms with Gasteiger partial charge in [0.2, 0.25) is 0 Å². The molecule has 1 saturated carbocycles. The van der Waals surface area contributed by atoms with E-state index in [0.29, 0.717) is 5.41 Å². The minimum Gasteiger partial charge on any atom is -0.313 e. The zero-order valence-corrected chi connectivity index (χ0v) is 13.4. The quantitative estimate of drug-likeness (QED) is 0.629. The van der Waals surface area contributed by atoms with Crippen LogP contribution in [0.5, 0.6) is 0 Å². The predicted molar refractivity (Wildman–Crippen MR) is 81.9 cm³/mol. The summed E-state index contributed by atoms with van der Waals surface area (Å²) in [5.74, 6) is 1.83. The number of hydrogen-bond donors (Lipinski definition) is 1. The van der Waals surface area contributed by atoms with Crippen molar-refractivity contribution in [2.45, 2.75) is 85.6 Å². The molecule has 1 fully saturated rings. The summed E-state index contributed by atoms with van der Waals surface area (Å²) in [7, 11) is 0. The Balaban J connectivity index is 2.22. The minimum atomic E-state index is 0.474. The molecule has 0 radical (unpaired) electrons. The Labute approximate surface area is 115 Å². The minimum absolute atomic E-state index is 0.474. The van der Waals surface area contributed by atoms with Crippen LogP contribution in [-0.4, -0.2) is 12.6 Å². The molecule has 108 valence electrons. The van der Waals surface area contributed by atoms with Gasteiger partial charge in [0, 0.05) is 12.6 Å². The topological polar surface area (TPSA) is 12.0 Å². The SMILES string of the molecule is CCCCCC(C)(C)CNC1CCC(C)C(C)C1. The number of unbranched alkanes of at least 4 members (excludes halogenated alkanes) is 2. The molecule has 1 aliphatic carbocycles. The van der Waals surface area contributed by atoms with Crippen molar-refractivity contribution in [2.24, 2.45) is 17.3 Å². The maximum Gasteiger partial charge on any atom is 0.00700 e. The lowest BCUT2D eigenvalue weighted by molar-refractivity contribution is 0.203. The molecule has 3 unspecified atom stereocenters. The number of rotatable bonds is 7. The van der Waals surface area contributed by atoms with Crippen LogP contribution in [0.3, 0.4) is 0 Å². The number of hydrogen-bond acceptors (Lipinski definition) is 1. The smallest absolute Gasteiger partial charge is 0.00700 e. The van der Waals surface area contributed by atoms with Crippen LogP contribution >= 0.6 is 0 Å². The molecule has 18 heavy (non-hydrogen) atoms. The van der Waals surface area contributed by atoms with Crippen molar-refractivity contribution in [1.29, 1.82) is 0 Å². The van der Waals surface area contributed by atoms with Gasteiger partial charge in [0.25, 0.3) is 0 Å². The van der Waals surface area contributed by atoms with E-state index in [1.54, 1.807) is 0 Å². The van der Waals surface area contributed by atoms with E-state index >= 15 is 0 Å². The molecule has 0 aromatic rings. The van der Waals surface area contributed by atoms with Gasteiger partial charge in [0.05, 0.1) is 0 Å². The third-order valence-corrected chi connectivity index (χ3v) is 4.92. The van der Waals surface area contributed by atoms with Crippen LogP contribution in [0.2, 0.25) is 0 Å². The first-order valence-electron chi connectivity index (χ1n) is 8.18. The molecule has 0 aromatic carbocycles. The van der Waals surface area contributed by atoms with Crippen LogP contribution in [-0.2, 0) is 0 Å². The van der Waals surface area contributed by atoms with Crippen molar-refractivity contribution in [3.8, 4) is 0 Å². The second kappa shape index (κ2) is 7.53. The molecule has 0 aromatic heterocycles. The Kier molecular flexibility index (Phi) is 6.70. The summed E-state index contributed by atoms with van der Waals surface area (Å²) in [5.41, 5.74) is 0.474. The maximum absolute atomic E-state index is 3.84. The second-order valence-electron chi connectivity index (χ2n) is 7.47. The van der Waals surface area contributed by atoms with Gasteiger partial charge in [0.15, 0.2) is 0 Å². The molecule has 0 amide bonds. The van der Waals surface area contributed by atoms with Crippen molar-refractivity contribution in [3.63, 3.8) is 0 Å². The van der Waals surface area contributed by atoms with Gasteiger partial charge in [-0.15, -0.1) is 0 Å². The predicted octanol–water partition coefficient (Wildman–Crippen LogP) is 5.01. The van der Waals surface area contributed by atoms with Gasteiger partial charge in [0.1, 0.15) is 0 Å². The third kappa shape index (κ3) is 5.73. The van der Waals surface area contributed by atoms with E-state index < -0.39 is 0 Å². The monoisotopic (exact) mass is 253 g/mol. The lowest BCUT2D eigenvalue weighted by atomic mass is 9.78. The molecule has 0 heterocycles. The van der Waals surface area contributed by atoms with Crippen LogP contribution in [0.25, 0.3) is 0 Å². The third-order valence-electron chi connectivity index (χ3n) is 4.92. The van der Waals surface area contributed by atoms with E-state index in [1.807, 2.05) is 0 Å². The van der Waals surface area contributed by atoms with Gasteiger partial charge < -0.3 is 5.32 Å². The molecule has 0 aliphatic heterocycles. The Morgan fingerprint density at radius 2 is 1.78 bits per heavy atom. The molecule has 0 saturated heterocycles. The van der Waals surface area contributed by atoms with Crippen molar-refractivity contribution in [3.05, 3.63) is 0 Å². The molecular formula is C17H35N. The van der Waals surface area contributed by atoms with Crippen LogP contribution in [0.1, 0.15) is 79.6 Å². The zero-order valence-electron chi connectivity index (χ0n) is 13.4. The van der Waals surface area contributed by atoms with Crippen molar-refractivity contribution >= 4 is 0 Å². The summed E-state index contributed by atoms with van der Waals surface area (Å²) >= 11 is 0. The lowest BCUT2D eigenvalue weighted by Gasteiger charge is -2.35. The van der Waals surface area contributed by atoms with Crippen LogP contribution < -0.4 is 5.32 Å². The average molecular weight is 253 g/mol. The molecule has 1 nitrogen and oxygen atoms in total. The number of nitrogens with one attached hydrogen (secondary N) is 1. The van der Waals surface area contributed by atoms with E-state index in [4.69, 9.17) is 0 Å². The van der Waals surface area contributed by atoms with Gasteiger partial charge >= 0.3 is 0 Å². The van der Waals surface area contributed by atoms with E-state index in [0.717, 1.165) is 17.9 Å². The van der Waals surface area contributed by atoms with E-state index in [1.165, 1.54) is 51.5 Å².